The molecule has 0 spiro atoms. The van der Waals surface area contributed by atoms with Gasteiger partial charge in [0.2, 0.25) is 5.91 Å². The van der Waals surface area contributed by atoms with Gasteiger partial charge in [-0.05, 0) is 25.0 Å². The zero-order valence-corrected chi connectivity index (χ0v) is 10.8. The van der Waals surface area contributed by atoms with E-state index in [-0.39, 0.29) is 12.3 Å². The molecule has 4 nitrogen and oxygen atoms in total. The fraction of sp³-hybridized carbons (Fsp3) is 0.500. The molecular weight excluding hydrogens is 247 g/mol. The number of phenolic OH excluding ortho intramolecular Hbond substituents is 1. The lowest BCUT2D eigenvalue weighted by Crippen LogP contribution is -2.44. The highest BCUT2D eigenvalue weighted by molar-refractivity contribution is 5.91. The van der Waals surface area contributed by atoms with Crippen LogP contribution < -0.4 is 11.1 Å². The first-order chi connectivity index (χ1) is 8.98. The molecule has 1 fully saturated rings. The summed E-state index contributed by atoms with van der Waals surface area (Å²) in [5.74, 6) is -1.40. The van der Waals surface area contributed by atoms with Gasteiger partial charge in [-0.15, -0.1) is 0 Å². The molecule has 0 aliphatic heterocycles. The average molecular weight is 266 g/mol. The Morgan fingerprint density at radius 1 is 1.37 bits per heavy atom. The number of carbonyl (C=O) groups excluding carboxylic acids is 1. The summed E-state index contributed by atoms with van der Waals surface area (Å²) < 4.78 is 13.1. The molecule has 0 unspecified atom stereocenters. The minimum atomic E-state index is -0.752. The maximum absolute atomic E-state index is 13.1. The van der Waals surface area contributed by atoms with Gasteiger partial charge in [-0.25, -0.2) is 4.39 Å². The van der Waals surface area contributed by atoms with Crippen molar-refractivity contribution in [2.45, 2.75) is 44.1 Å². The predicted octanol–water partition coefficient (Wildman–Crippen LogP) is 2.52. The minimum absolute atomic E-state index is 0.213. The van der Waals surface area contributed by atoms with E-state index < -0.39 is 17.1 Å². The fourth-order valence-electron chi connectivity index (χ4n) is 2.54. The maximum atomic E-state index is 13.1. The summed E-state index contributed by atoms with van der Waals surface area (Å²) in [6, 6.07) is 3.77. The minimum Gasteiger partial charge on any atom is -0.505 e. The van der Waals surface area contributed by atoms with Crippen LogP contribution in [0, 0.1) is 5.82 Å². The summed E-state index contributed by atoms with van der Waals surface area (Å²) in [5, 5.41) is 11.7. The summed E-state index contributed by atoms with van der Waals surface area (Å²) in [6.07, 6.45) is 5.23. The Labute approximate surface area is 111 Å². The van der Waals surface area contributed by atoms with Crippen LogP contribution in [-0.2, 0) is 4.79 Å². The standard InChI is InChI=1S/C14H19FN2O2/c15-11-8-10(4-5-12(11)18)17-13(19)9-14(16)6-2-1-3-7-14/h4-5,8,18H,1-3,6-7,9,16H2,(H,17,19). The normalized spacial score (nSPS) is 18.0. The van der Waals surface area contributed by atoms with Crippen molar-refractivity contribution in [3.63, 3.8) is 0 Å². The third kappa shape index (κ3) is 3.67. The highest BCUT2D eigenvalue weighted by Crippen LogP contribution is 2.29. The van der Waals surface area contributed by atoms with Gasteiger partial charge in [0.25, 0.3) is 0 Å². The molecule has 0 aromatic heterocycles. The van der Waals surface area contributed by atoms with Crippen LogP contribution in [0.15, 0.2) is 18.2 Å². The van der Waals surface area contributed by atoms with Crippen LogP contribution in [0.4, 0.5) is 10.1 Å². The zero-order valence-electron chi connectivity index (χ0n) is 10.8. The van der Waals surface area contributed by atoms with Crippen molar-refractivity contribution >= 4 is 11.6 Å². The molecule has 0 bridgehead atoms. The van der Waals surface area contributed by atoms with Crippen molar-refractivity contribution < 1.29 is 14.3 Å². The number of nitrogens with two attached hydrogens (primary N) is 1. The van der Waals surface area contributed by atoms with E-state index in [0.717, 1.165) is 31.7 Å². The van der Waals surface area contributed by atoms with Crippen molar-refractivity contribution in [3.05, 3.63) is 24.0 Å². The van der Waals surface area contributed by atoms with Crippen LogP contribution in [0.5, 0.6) is 5.75 Å². The van der Waals surface area contributed by atoms with Crippen LogP contribution in [-0.4, -0.2) is 16.6 Å². The molecular formula is C14H19FN2O2. The van der Waals surface area contributed by atoms with Crippen molar-refractivity contribution in [1.29, 1.82) is 0 Å². The molecule has 1 aliphatic rings. The average Bonchev–Trinajstić information content (AvgIpc) is 2.34. The Morgan fingerprint density at radius 2 is 2.05 bits per heavy atom. The monoisotopic (exact) mass is 266 g/mol. The third-order valence-electron chi connectivity index (χ3n) is 3.59. The smallest absolute Gasteiger partial charge is 0.226 e. The molecule has 0 radical (unpaired) electrons. The number of carbonyl (C=O) groups is 1. The molecule has 1 amide bonds. The van der Waals surface area contributed by atoms with Crippen LogP contribution in [0.2, 0.25) is 0 Å². The van der Waals surface area contributed by atoms with Gasteiger partial charge in [0.1, 0.15) is 0 Å². The molecule has 2 rings (SSSR count). The van der Waals surface area contributed by atoms with Crippen molar-refractivity contribution in [2.75, 3.05) is 5.32 Å². The molecule has 1 aliphatic carbocycles. The SMILES string of the molecule is NC1(CC(=O)Nc2ccc(O)c(F)c2)CCCCC1. The number of anilines is 1. The predicted molar refractivity (Wildman–Crippen MR) is 71.3 cm³/mol. The van der Waals surface area contributed by atoms with E-state index in [1.54, 1.807) is 0 Å². The number of rotatable bonds is 3. The highest BCUT2D eigenvalue weighted by atomic mass is 19.1. The first-order valence-electron chi connectivity index (χ1n) is 6.56. The summed E-state index contributed by atoms with van der Waals surface area (Å²) in [4.78, 5) is 11.9. The van der Waals surface area contributed by atoms with Crippen molar-refractivity contribution in [1.82, 2.24) is 0 Å². The molecule has 19 heavy (non-hydrogen) atoms. The Kier molecular flexibility index (Phi) is 4.04. The van der Waals surface area contributed by atoms with Gasteiger partial charge < -0.3 is 16.2 Å². The summed E-state index contributed by atoms with van der Waals surface area (Å²) >= 11 is 0. The second-order valence-electron chi connectivity index (χ2n) is 5.31. The molecule has 1 aromatic rings. The van der Waals surface area contributed by atoms with E-state index in [9.17, 15) is 9.18 Å². The first-order valence-corrected chi connectivity index (χ1v) is 6.56. The van der Waals surface area contributed by atoms with Gasteiger partial charge in [0, 0.05) is 23.7 Å². The van der Waals surface area contributed by atoms with Gasteiger partial charge >= 0.3 is 0 Å². The largest absolute Gasteiger partial charge is 0.505 e. The van der Waals surface area contributed by atoms with Gasteiger partial charge in [-0.2, -0.15) is 0 Å². The van der Waals surface area contributed by atoms with E-state index >= 15 is 0 Å². The number of amides is 1. The summed E-state index contributed by atoms with van der Waals surface area (Å²) in [7, 11) is 0. The number of hydrogen-bond donors (Lipinski definition) is 3. The lowest BCUT2D eigenvalue weighted by atomic mass is 9.80. The van der Waals surface area contributed by atoms with Crippen LogP contribution in [0.1, 0.15) is 38.5 Å². The van der Waals surface area contributed by atoms with Crippen LogP contribution in [0.3, 0.4) is 0 Å². The molecule has 104 valence electrons. The Hall–Kier alpha value is -1.62. The molecule has 5 heteroatoms. The number of benzene rings is 1. The Morgan fingerprint density at radius 3 is 2.68 bits per heavy atom. The molecule has 1 saturated carbocycles. The van der Waals surface area contributed by atoms with Crippen molar-refractivity contribution in [3.8, 4) is 5.75 Å². The van der Waals surface area contributed by atoms with Crippen LogP contribution >= 0.6 is 0 Å². The second-order valence-corrected chi connectivity index (χ2v) is 5.31. The molecule has 0 saturated heterocycles. The fourth-order valence-corrected chi connectivity index (χ4v) is 2.54. The van der Waals surface area contributed by atoms with Gasteiger partial charge in [0.05, 0.1) is 0 Å². The topological polar surface area (TPSA) is 75.4 Å². The van der Waals surface area contributed by atoms with E-state index in [1.807, 2.05) is 0 Å². The lowest BCUT2D eigenvalue weighted by molar-refractivity contribution is -0.117. The number of halogens is 1. The Bertz CT molecular complexity index is 471. The summed E-state index contributed by atoms with van der Waals surface area (Å²) in [5.41, 5.74) is 6.09. The van der Waals surface area contributed by atoms with Gasteiger partial charge in [-0.1, -0.05) is 19.3 Å². The number of aromatic hydroxyl groups is 1. The molecule has 0 atom stereocenters. The maximum Gasteiger partial charge on any atom is 0.226 e. The number of phenols is 1. The third-order valence-corrected chi connectivity index (χ3v) is 3.59. The molecule has 1 aromatic carbocycles. The zero-order chi connectivity index (χ0) is 13.9. The molecule has 0 heterocycles. The Balaban J connectivity index is 1.95. The van der Waals surface area contributed by atoms with E-state index in [0.29, 0.717) is 5.69 Å². The summed E-state index contributed by atoms with van der Waals surface area (Å²) in [6.45, 7) is 0. The lowest BCUT2D eigenvalue weighted by Gasteiger charge is -2.32. The van der Waals surface area contributed by atoms with E-state index in [4.69, 9.17) is 10.8 Å². The van der Waals surface area contributed by atoms with Crippen LogP contribution in [0.25, 0.3) is 0 Å². The van der Waals surface area contributed by atoms with Gasteiger partial charge in [0.15, 0.2) is 11.6 Å². The number of nitrogens with one attached hydrogen (secondary N) is 1. The molecule has 4 N–H and O–H groups in total. The van der Waals surface area contributed by atoms with Crippen molar-refractivity contribution in [2.24, 2.45) is 5.73 Å². The quantitative estimate of drug-likeness (QED) is 0.736. The van der Waals surface area contributed by atoms with E-state index in [2.05, 4.69) is 5.32 Å². The van der Waals surface area contributed by atoms with Gasteiger partial charge in [-0.3, -0.25) is 4.79 Å². The second kappa shape index (κ2) is 5.57. The number of hydrogen-bond acceptors (Lipinski definition) is 3. The van der Waals surface area contributed by atoms with E-state index in [1.165, 1.54) is 18.6 Å². The first kappa shape index (κ1) is 13.8. The highest BCUT2D eigenvalue weighted by Gasteiger charge is 2.29.